The lowest BCUT2D eigenvalue weighted by Gasteiger charge is -2.32. The summed E-state index contributed by atoms with van der Waals surface area (Å²) >= 11 is 0. The van der Waals surface area contributed by atoms with Crippen molar-refractivity contribution >= 4 is 5.91 Å². The van der Waals surface area contributed by atoms with Crippen LogP contribution in [-0.4, -0.2) is 37.0 Å². The molecular weight excluding hydrogens is 298 g/mol. The number of nitrogens with two attached hydrogens (primary N) is 1. The fraction of sp³-hybridized carbons (Fsp3) is 0.650. The highest BCUT2D eigenvalue weighted by atomic mass is 16.2. The Hall–Kier alpha value is -1.39. The van der Waals surface area contributed by atoms with Gasteiger partial charge in [-0.2, -0.15) is 0 Å². The van der Waals surface area contributed by atoms with E-state index in [9.17, 15) is 4.79 Å². The van der Waals surface area contributed by atoms with Crippen LogP contribution in [0.3, 0.4) is 0 Å². The van der Waals surface area contributed by atoms with E-state index in [2.05, 4.69) is 24.1 Å². The molecule has 1 aliphatic heterocycles. The Morgan fingerprint density at radius 2 is 1.88 bits per heavy atom. The van der Waals surface area contributed by atoms with Gasteiger partial charge in [-0.3, -0.25) is 4.79 Å². The van der Waals surface area contributed by atoms with E-state index >= 15 is 0 Å². The molecular formula is C20H33N3O. The molecule has 1 saturated heterocycles. The summed E-state index contributed by atoms with van der Waals surface area (Å²) in [5.41, 5.74) is 8.13. The molecule has 3 N–H and O–H groups in total. The van der Waals surface area contributed by atoms with Gasteiger partial charge in [0.25, 0.3) is 0 Å². The molecule has 0 saturated carbocycles. The van der Waals surface area contributed by atoms with Crippen molar-refractivity contribution in [2.24, 2.45) is 17.6 Å². The Bertz CT molecular complexity index is 504. The maximum Gasteiger partial charge on any atom is 0.241 e. The monoisotopic (exact) mass is 331 g/mol. The first kappa shape index (κ1) is 18.9. The van der Waals surface area contributed by atoms with Gasteiger partial charge >= 0.3 is 0 Å². The van der Waals surface area contributed by atoms with Gasteiger partial charge in [0.15, 0.2) is 0 Å². The average Bonchev–Trinajstić information content (AvgIpc) is 2.58. The normalized spacial score (nSPS) is 17.9. The summed E-state index contributed by atoms with van der Waals surface area (Å²) in [6, 6.07) is 7.29. The first-order valence-electron chi connectivity index (χ1n) is 9.28. The van der Waals surface area contributed by atoms with Crippen LogP contribution in [-0.2, 0) is 4.79 Å². The molecule has 4 heteroatoms. The molecule has 0 radical (unpaired) electrons. The summed E-state index contributed by atoms with van der Waals surface area (Å²) < 4.78 is 0. The van der Waals surface area contributed by atoms with Crippen molar-refractivity contribution in [3.05, 3.63) is 35.4 Å². The minimum Gasteiger partial charge on any atom is -0.354 e. The summed E-state index contributed by atoms with van der Waals surface area (Å²) in [5, 5.41) is 3.05. The number of piperidine rings is 1. The lowest BCUT2D eigenvalue weighted by Crippen LogP contribution is -2.41. The number of likely N-dealkylation sites (tertiary alicyclic amines) is 1. The Balaban J connectivity index is 1.70. The van der Waals surface area contributed by atoms with E-state index in [-0.39, 0.29) is 5.91 Å². The van der Waals surface area contributed by atoms with E-state index in [1.165, 1.54) is 18.5 Å². The largest absolute Gasteiger partial charge is 0.354 e. The topological polar surface area (TPSA) is 58.4 Å². The van der Waals surface area contributed by atoms with E-state index in [1.54, 1.807) is 0 Å². The third kappa shape index (κ3) is 5.91. The van der Waals surface area contributed by atoms with Crippen molar-refractivity contribution in [2.45, 2.75) is 46.1 Å². The summed E-state index contributed by atoms with van der Waals surface area (Å²) in [5.74, 6) is 1.28. The quantitative estimate of drug-likeness (QED) is 0.808. The number of nitrogens with zero attached hydrogens (tertiary/aromatic N) is 1. The van der Waals surface area contributed by atoms with Gasteiger partial charge in [0.2, 0.25) is 5.91 Å². The van der Waals surface area contributed by atoms with Gasteiger partial charge in [-0.1, -0.05) is 43.7 Å². The van der Waals surface area contributed by atoms with Crippen LogP contribution < -0.4 is 11.1 Å². The standard InChI is InChI=1S/C20H33N3O/c1-15(2)8-11-23-12-9-17(10-13-23)14-22-20(24)19(21)18-6-4-16(3)5-7-18/h4-7,15,17,19H,8-14,21H2,1-3H3,(H,22,24). The average molecular weight is 332 g/mol. The minimum atomic E-state index is -0.572. The molecule has 1 aliphatic rings. The van der Waals surface area contributed by atoms with Crippen molar-refractivity contribution in [3.63, 3.8) is 0 Å². The zero-order valence-electron chi connectivity index (χ0n) is 15.4. The van der Waals surface area contributed by atoms with Crippen LogP contribution in [0.4, 0.5) is 0 Å². The molecule has 1 fully saturated rings. The predicted molar refractivity (Wildman–Crippen MR) is 99.7 cm³/mol. The second-order valence-electron chi connectivity index (χ2n) is 7.60. The van der Waals surface area contributed by atoms with Crippen LogP contribution in [0, 0.1) is 18.8 Å². The molecule has 0 aliphatic carbocycles. The Kier molecular flexibility index (Phi) is 7.25. The van der Waals surface area contributed by atoms with Crippen molar-refractivity contribution in [3.8, 4) is 0 Å². The maximum atomic E-state index is 12.3. The molecule has 4 nitrogen and oxygen atoms in total. The molecule has 24 heavy (non-hydrogen) atoms. The van der Waals surface area contributed by atoms with E-state index in [4.69, 9.17) is 5.73 Å². The van der Waals surface area contributed by atoms with E-state index in [0.29, 0.717) is 5.92 Å². The van der Waals surface area contributed by atoms with Crippen LogP contribution in [0.1, 0.15) is 50.3 Å². The van der Waals surface area contributed by atoms with Crippen LogP contribution >= 0.6 is 0 Å². The molecule has 134 valence electrons. The van der Waals surface area contributed by atoms with Crippen molar-refractivity contribution in [2.75, 3.05) is 26.2 Å². The smallest absolute Gasteiger partial charge is 0.241 e. The number of hydrogen-bond acceptors (Lipinski definition) is 3. The molecule has 1 heterocycles. The lowest BCUT2D eigenvalue weighted by molar-refractivity contribution is -0.122. The number of benzene rings is 1. The third-order valence-corrected chi connectivity index (χ3v) is 5.01. The zero-order chi connectivity index (χ0) is 17.5. The van der Waals surface area contributed by atoms with Crippen molar-refractivity contribution in [1.82, 2.24) is 10.2 Å². The predicted octanol–water partition coefficient (Wildman–Crippen LogP) is 2.87. The number of rotatable bonds is 7. The van der Waals surface area contributed by atoms with Gasteiger partial charge < -0.3 is 16.0 Å². The fourth-order valence-electron chi connectivity index (χ4n) is 3.13. The lowest BCUT2D eigenvalue weighted by atomic mass is 9.96. The van der Waals surface area contributed by atoms with Gasteiger partial charge in [-0.25, -0.2) is 0 Å². The van der Waals surface area contributed by atoms with Crippen LogP contribution in [0.15, 0.2) is 24.3 Å². The third-order valence-electron chi connectivity index (χ3n) is 5.01. The van der Waals surface area contributed by atoms with Crippen LogP contribution in [0.2, 0.25) is 0 Å². The second kappa shape index (κ2) is 9.19. The van der Waals surface area contributed by atoms with Gasteiger partial charge in [0.1, 0.15) is 6.04 Å². The molecule has 1 atom stereocenters. The number of amides is 1. The number of nitrogens with one attached hydrogen (secondary N) is 1. The zero-order valence-corrected chi connectivity index (χ0v) is 15.4. The highest BCUT2D eigenvalue weighted by Gasteiger charge is 2.21. The number of aryl methyl sites for hydroxylation is 1. The number of carbonyl (C=O) groups is 1. The number of hydrogen-bond donors (Lipinski definition) is 2. The molecule has 0 bridgehead atoms. The Morgan fingerprint density at radius 3 is 2.46 bits per heavy atom. The first-order chi connectivity index (χ1) is 11.5. The van der Waals surface area contributed by atoms with E-state index in [1.807, 2.05) is 31.2 Å². The van der Waals surface area contributed by atoms with Crippen molar-refractivity contribution in [1.29, 1.82) is 0 Å². The van der Waals surface area contributed by atoms with Gasteiger partial charge in [0, 0.05) is 6.54 Å². The molecule has 0 spiro atoms. The number of carbonyl (C=O) groups excluding carboxylic acids is 1. The molecule has 2 rings (SSSR count). The molecule has 1 amide bonds. The Labute approximate surface area is 146 Å². The van der Waals surface area contributed by atoms with Gasteiger partial charge in [-0.05, 0) is 63.2 Å². The molecule has 1 aromatic carbocycles. The molecule has 1 aromatic rings. The maximum absolute atomic E-state index is 12.3. The van der Waals surface area contributed by atoms with E-state index < -0.39 is 6.04 Å². The summed E-state index contributed by atoms with van der Waals surface area (Å²) in [4.78, 5) is 14.8. The summed E-state index contributed by atoms with van der Waals surface area (Å²) in [7, 11) is 0. The molecule has 1 unspecified atom stereocenters. The van der Waals surface area contributed by atoms with Crippen LogP contribution in [0.5, 0.6) is 0 Å². The minimum absolute atomic E-state index is 0.0684. The van der Waals surface area contributed by atoms with E-state index in [0.717, 1.165) is 44.0 Å². The summed E-state index contributed by atoms with van der Waals surface area (Å²) in [6.45, 7) is 10.8. The van der Waals surface area contributed by atoms with Crippen molar-refractivity contribution < 1.29 is 4.79 Å². The molecule has 0 aromatic heterocycles. The second-order valence-corrected chi connectivity index (χ2v) is 7.60. The highest BCUT2D eigenvalue weighted by Crippen LogP contribution is 2.18. The fourth-order valence-corrected chi connectivity index (χ4v) is 3.13. The first-order valence-corrected chi connectivity index (χ1v) is 9.28. The highest BCUT2D eigenvalue weighted by molar-refractivity contribution is 5.82. The van der Waals surface area contributed by atoms with Gasteiger partial charge in [-0.15, -0.1) is 0 Å². The summed E-state index contributed by atoms with van der Waals surface area (Å²) in [6.07, 6.45) is 3.60. The SMILES string of the molecule is Cc1ccc(C(N)C(=O)NCC2CCN(CCC(C)C)CC2)cc1. The van der Waals surface area contributed by atoms with Gasteiger partial charge in [0.05, 0.1) is 0 Å². The van der Waals surface area contributed by atoms with Crippen LogP contribution in [0.25, 0.3) is 0 Å². The Morgan fingerprint density at radius 1 is 1.25 bits per heavy atom.